The van der Waals surface area contributed by atoms with Crippen LogP contribution in [0.4, 0.5) is 5.69 Å². The summed E-state index contributed by atoms with van der Waals surface area (Å²) >= 11 is 7.62. The molecule has 154 valence electrons. The van der Waals surface area contributed by atoms with E-state index in [1.54, 1.807) is 0 Å². The zero-order valence-corrected chi connectivity index (χ0v) is 18.1. The molecule has 0 aliphatic carbocycles. The molecule has 0 fully saturated rings. The molecule has 0 spiro atoms. The minimum absolute atomic E-state index is 0.0428. The fourth-order valence-electron chi connectivity index (χ4n) is 2.88. The number of aromatic nitrogens is 5. The highest BCUT2D eigenvalue weighted by molar-refractivity contribution is 7.98. The monoisotopic (exact) mass is 436 g/mol. The number of ether oxygens (including phenoxy) is 1. The zero-order valence-electron chi connectivity index (χ0n) is 16.5. The summed E-state index contributed by atoms with van der Waals surface area (Å²) < 4.78 is 9.54. The molecular formula is C18H21ClN6O3S. The minimum Gasteiger partial charge on any atom is -0.483 e. The van der Waals surface area contributed by atoms with Crippen molar-refractivity contribution in [3.8, 4) is 5.75 Å². The first-order valence-corrected chi connectivity index (χ1v) is 10.3. The Morgan fingerprint density at radius 2 is 2.00 bits per heavy atom. The Labute approximate surface area is 177 Å². The van der Waals surface area contributed by atoms with Crippen LogP contribution in [0.3, 0.4) is 0 Å². The van der Waals surface area contributed by atoms with Crippen molar-refractivity contribution in [3.63, 3.8) is 0 Å². The highest BCUT2D eigenvalue weighted by Gasteiger charge is 2.20. The lowest BCUT2D eigenvalue weighted by molar-refractivity contribution is -0.385. The smallest absolute Gasteiger partial charge is 0.307 e. The van der Waals surface area contributed by atoms with Gasteiger partial charge in [-0.05, 0) is 51.0 Å². The average molecular weight is 437 g/mol. The lowest BCUT2D eigenvalue weighted by Crippen LogP contribution is -2.12. The highest BCUT2D eigenvalue weighted by atomic mass is 35.5. The van der Waals surface area contributed by atoms with Crippen LogP contribution in [-0.4, -0.2) is 29.5 Å². The molecule has 1 atom stereocenters. The molecule has 2 heterocycles. The number of hydrogen-bond acceptors (Lipinski definition) is 7. The van der Waals surface area contributed by atoms with E-state index in [-0.39, 0.29) is 11.8 Å². The molecule has 0 aliphatic rings. The number of benzene rings is 1. The summed E-state index contributed by atoms with van der Waals surface area (Å²) in [5.74, 6) is 1.81. The molecule has 3 rings (SSSR count). The van der Waals surface area contributed by atoms with Crippen LogP contribution in [0, 0.1) is 24.0 Å². The molecule has 3 aromatic rings. The summed E-state index contributed by atoms with van der Waals surface area (Å²) in [5, 5.41) is 24.7. The molecule has 9 nitrogen and oxygen atoms in total. The van der Waals surface area contributed by atoms with Crippen molar-refractivity contribution in [1.29, 1.82) is 0 Å². The molecule has 11 heteroatoms. The standard InChI is InChI=1S/C18H21ClN6O3S/c1-5-24-17(13(4)28-15-6-11(2)16(19)12(3)7-15)21-22-18(24)29-10-23-9-14(8-20-23)25(26)27/h6-9,13H,5,10H2,1-4H3. The molecule has 29 heavy (non-hydrogen) atoms. The van der Waals surface area contributed by atoms with Crippen LogP contribution in [0.25, 0.3) is 0 Å². The maximum absolute atomic E-state index is 10.8. The van der Waals surface area contributed by atoms with E-state index in [4.69, 9.17) is 16.3 Å². The van der Waals surface area contributed by atoms with Crippen molar-refractivity contribution in [3.05, 3.63) is 56.6 Å². The van der Waals surface area contributed by atoms with Crippen LogP contribution in [-0.2, 0) is 12.4 Å². The van der Waals surface area contributed by atoms with E-state index in [0.717, 1.165) is 21.9 Å². The second-order valence-electron chi connectivity index (χ2n) is 6.48. The maximum atomic E-state index is 10.8. The molecule has 0 bridgehead atoms. The summed E-state index contributed by atoms with van der Waals surface area (Å²) in [6, 6.07) is 3.80. The zero-order chi connectivity index (χ0) is 21.1. The van der Waals surface area contributed by atoms with Gasteiger partial charge >= 0.3 is 5.69 Å². The summed E-state index contributed by atoms with van der Waals surface area (Å²) in [7, 11) is 0. The van der Waals surface area contributed by atoms with Crippen LogP contribution in [0.2, 0.25) is 5.02 Å². The van der Waals surface area contributed by atoms with E-state index < -0.39 is 4.92 Å². The number of thioether (sulfide) groups is 1. The lowest BCUT2D eigenvalue weighted by atomic mass is 10.1. The normalized spacial score (nSPS) is 12.2. The van der Waals surface area contributed by atoms with Gasteiger partial charge in [0.15, 0.2) is 17.1 Å². The Morgan fingerprint density at radius 3 is 2.59 bits per heavy atom. The minimum atomic E-state index is -0.472. The molecule has 1 aromatic carbocycles. The third-order valence-electron chi connectivity index (χ3n) is 4.30. The molecule has 0 radical (unpaired) electrons. The molecule has 0 saturated heterocycles. The highest BCUT2D eigenvalue weighted by Crippen LogP contribution is 2.30. The van der Waals surface area contributed by atoms with Crippen molar-refractivity contribution in [1.82, 2.24) is 24.5 Å². The van der Waals surface area contributed by atoms with Crippen LogP contribution in [0.5, 0.6) is 5.75 Å². The summed E-state index contributed by atoms with van der Waals surface area (Å²) in [4.78, 5) is 10.3. The molecule has 0 amide bonds. The number of nitrogens with zero attached hydrogens (tertiary/aromatic N) is 6. The second-order valence-corrected chi connectivity index (χ2v) is 7.77. The Morgan fingerprint density at radius 1 is 1.31 bits per heavy atom. The van der Waals surface area contributed by atoms with Gasteiger partial charge in [-0.3, -0.25) is 14.8 Å². The predicted octanol–water partition coefficient (Wildman–Crippen LogP) is 4.56. The van der Waals surface area contributed by atoms with Crippen LogP contribution < -0.4 is 4.74 Å². The predicted molar refractivity (Wildman–Crippen MR) is 110 cm³/mol. The second kappa shape index (κ2) is 8.83. The summed E-state index contributed by atoms with van der Waals surface area (Å²) in [6.45, 7) is 8.46. The van der Waals surface area contributed by atoms with E-state index in [1.807, 2.05) is 44.4 Å². The van der Waals surface area contributed by atoms with Gasteiger partial charge in [0.2, 0.25) is 0 Å². The Kier molecular flexibility index (Phi) is 6.43. The molecule has 0 saturated carbocycles. The van der Waals surface area contributed by atoms with Crippen LogP contribution >= 0.6 is 23.4 Å². The first-order valence-electron chi connectivity index (χ1n) is 8.96. The van der Waals surface area contributed by atoms with Crippen molar-refractivity contribution >= 4 is 29.1 Å². The van der Waals surface area contributed by atoms with Gasteiger partial charge in [0.1, 0.15) is 18.1 Å². The van der Waals surface area contributed by atoms with E-state index in [0.29, 0.717) is 23.4 Å². The molecule has 0 N–H and O–H groups in total. The Hall–Kier alpha value is -2.59. The van der Waals surface area contributed by atoms with Crippen molar-refractivity contribution < 1.29 is 9.66 Å². The maximum Gasteiger partial charge on any atom is 0.307 e. The molecular weight excluding hydrogens is 416 g/mol. The van der Waals surface area contributed by atoms with Crippen molar-refractivity contribution in [2.75, 3.05) is 0 Å². The van der Waals surface area contributed by atoms with E-state index in [1.165, 1.54) is 28.8 Å². The summed E-state index contributed by atoms with van der Waals surface area (Å²) in [5.41, 5.74) is 1.87. The number of nitro groups is 1. The van der Waals surface area contributed by atoms with Gasteiger partial charge in [0.25, 0.3) is 0 Å². The van der Waals surface area contributed by atoms with Crippen LogP contribution in [0.1, 0.15) is 36.9 Å². The van der Waals surface area contributed by atoms with Crippen molar-refractivity contribution in [2.24, 2.45) is 0 Å². The number of rotatable bonds is 8. The fourth-order valence-corrected chi connectivity index (χ4v) is 3.85. The van der Waals surface area contributed by atoms with Gasteiger partial charge in [0, 0.05) is 11.6 Å². The van der Waals surface area contributed by atoms with Crippen LogP contribution in [0.15, 0.2) is 29.7 Å². The molecule has 1 unspecified atom stereocenters. The Bertz CT molecular complexity index is 1010. The van der Waals surface area contributed by atoms with Gasteiger partial charge in [-0.15, -0.1) is 10.2 Å². The van der Waals surface area contributed by atoms with Gasteiger partial charge < -0.3 is 9.30 Å². The number of aryl methyl sites for hydroxylation is 2. The first-order chi connectivity index (χ1) is 13.8. The summed E-state index contributed by atoms with van der Waals surface area (Å²) in [6.07, 6.45) is 2.29. The SMILES string of the molecule is CCn1c(SCn2cc([N+](=O)[O-])cn2)nnc1C(C)Oc1cc(C)c(Cl)c(C)c1. The van der Waals surface area contributed by atoms with Gasteiger partial charge in [-0.25, -0.2) is 0 Å². The van der Waals surface area contributed by atoms with Gasteiger partial charge in [-0.2, -0.15) is 5.10 Å². The third-order valence-corrected chi connectivity index (χ3v) is 5.85. The lowest BCUT2D eigenvalue weighted by Gasteiger charge is -2.17. The van der Waals surface area contributed by atoms with Crippen molar-refractivity contribution in [2.45, 2.75) is 51.4 Å². The fraction of sp³-hybridized carbons (Fsp3) is 0.389. The number of halogens is 1. The van der Waals surface area contributed by atoms with E-state index in [2.05, 4.69) is 15.3 Å². The van der Waals surface area contributed by atoms with E-state index in [9.17, 15) is 10.1 Å². The first kappa shape index (κ1) is 21.1. The molecule has 2 aromatic heterocycles. The quantitative estimate of drug-likeness (QED) is 0.289. The largest absolute Gasteiger partial charge is 0.483 e. The number of hydrogen-bond donors (Lipinski definition) is 0. The van der Waals surface area contributed by atoms with E-state index >= 15 is 0 Å². The Balaban J connectivity index is 1.73. The average Bonchev–Trinajstić information content (AvgIpc) is 3.30. The molecule has 0 aliphatic heterocycles. The third kappa shape index (κ3) is 4.70. The van der Waals surface area contributed by atoms with Gasteiger partial charge in [0.05, 0.1) is 10.8 Å². The van der Waals surface area contributed by atoms with Gasteiger partial charge in [-0.1, -0.05) is 23.4 Å². The topological polar surface area (TPSA) is 101 Å².